The van der Waals surface area contributed by atoms with Gasteiger partial charge >= 0.3 is 0 Å². The Morgan fingerprint density at radius 3 is 2.46 bits per heavy atom. The fraction of sp³-hybridized carbons (Fsp3) is 0.107. The quantitative estimate of drug-likeness (QED) is 0.306. The molecule has 1 aromatic heterocycles. The molecule has 1 amide bonds. The largest absolute Gasteiger partial charge is 0.332 e. The zero-order valence-electron chi connectivity index (χ0n) is 19.1. The van der Waals surface area contributed by atoms with Crippen LogP contribution in [0.1, 0.15) is 29.1 Å². The van der Waals surface area contributed by atoms with Gasteiger partial charge in [0, 0.05) is 12.6 Å². The minimum Gasteiger partial charge on any atom is -0.332 e. The van der Waals surface area contributed by atoms with Gasteiger partial charge in [-0.3, -0.25) is 14.2 Å². The molecule has 0 aliphatic carbocycles. The Morgan fingerprint density at radius 1 is 0.971 bits per heavy atom. The number of halogens is 2. The highest BCUT2D eigenvalue weighted by Crippen LogP contribution is 2.26. The zero-order valence-corrected chi connectivity index (χ0v) is 19.8. The van der Waals surface area contributed by atoms with E-state index in [-0.39, 0.29) is 16.5 Å². The molecule has 1 unspecified atom stereocenters. The monoisotopic (exact) mass is 485 g/mol. The van der Waals surface area contributed by atoms with Gasteiger partial charge < -0.3 is 4.90 Å². The minimum atomic E-state index is -0.588. The highest BCUT2D eigenvalue weighted by molar-refractivity contribution is 6.30. The van der Waals surface area contributed by atoms with E-state index < -0.39 is 11.9 Å². The van der Waals surface area contributed by atoms with E-state index >= 15 is 0 Å². The predicted molar refractivity (Wildman–Crippen MR) is 137 cm³/mol. The zero-order chi connectivity index (χ0) is 24.7. The molecule has 0 bridgehead atoms. The van der Waals surface area contributed by atoms with Crippen LogP contribution in [0.4, 0.5) is 4.39 Å². The first-order valence-electron chi connectivity index (χ1n) is 11.1. The Kier molecular flexibility index (Phi) is 5.83. The molecule has 5 rings (SSSR count). The number of nitrogens with zero attached hydrogens (tertiary/aromatic N) is 3. The molecule has 5 nitrogen and oxygen atoms in total. The van der Waals surface area contributed by atoms with Crippen LogP contribution in [-0.4, -0.2) is 27.4 Å². The third-order valence-electron chi connectivity index (χ3n) is 6.23. The van der Waals surface area contributed by atoms with Crippen LogP contribution in [0.2, 0.25) is 5.02 Å². The van der Waals surface area contributed by atoms with Crippen molar-refractivity contribution in [3.63, 3.8) is 0 Å². The summed E-state index contributed by atoms with van der Waals surface area (Å²) in [5.74, 6) is -0.460. The molecule has 0 aliphatic heterocycles. The number of rotatable bonds is 4. The van der Waals surface area contributed by atoms with Crippen LogP contribution in [0.15, 0.2) is 89.7 Å². The Hall–Kier alpha value is -4.03. The number of fused-ring (bicyclic) bond motifs is 2. The van der Waals surface area contributed by atoms with Gasteiger partial charge in [0.05, 0.1) is 27.7 Å². The summed E-state index contributed by atoms with van der Waals surface area (Å²) >= 11 is 6.03. The van der Waals surface area contributed by atoms with Crippen LogP contribution >= 0.6 is 11.6 Å². The van der Waals surface area contributed by atoms with E-state index in [1.807, 2.05) is 36.4 Å². The lowest BCUT2D eigenvalue weighted by Gasteiger charge is -2.27. The minimum absolute atomic E-state index is 0.109. The lowest BCUT2D eigenvalue weighted by atomic mass is 10.1. The lowest BCUT2D eigenvalue weighted by Crippen LogP contribution is -2.34. The van der Waals surface area contributed by atoms with Crippen LogP contribution in [0.5, 0.6) is 0 Å². The van der Waals surface area contributed by atoms with Crippen molar-refractivity contribution in [2.45, 2.75) is 13.0 Å². The molecule has 4 aromatic carbocycles. The van der Waals surface area contributed by atoms with E-state index in [2.05, 4.69) is 0 Å². The number of amides is 1. The highest BCUT2D eigenvalue weighted by Gasteiger charge is 2.25. The highest BCUT2D eigenvalue weighted by atomic mass is 35.5. The third kappa shape index (κ3) is 4.06. The molecule has 0 saturated carbocycles. The summed E-state index contributed by atoms with van der Waals surface area (Å²) in [6, 6.07) is 23.8. The van der Waals surface area contributed by atoms with Gasteiger partial charge in [-0.15, -0.1) is 0 Å². The van der Waals surface area contributed by atoms with Crippen molar-refractivity contribution in [3.8, 4) is 5.69 Å². The van der Waals surface area contributed by atoms with Crippen molar-refractivity contribution in [1.82, 2.24) is 14.5 Å². The maximum absolute atomic E-state index is 13.9. The van der Waals surface area contributed by atoms with E-state index in [4.69, 9.17) is 16.6 Å². The van der Waals surface area contributed by atoms with Gasteiger partial charge in [-0.05, 0) is 60.2 Å². The van der Waals surface area contributed by atoms with E-state index in [0.717, 1.165) is 10.8 Å². The predicted octanol–water partition coefficient (Wildman–Crippen LogP) is 6.16. The van der Waals surface area contributed by atoms with Crippen LogP contribution in [0.3, 0.4) is 0 Å². The molecule has 5 aromatic rings. The van der Waals surface area contributed by atoms with Crippen molar-refractivity contribution in [2.24, 2.45) is 0 Å². The number of aromatic nitrogens is 2. The number of hydrogen-bond acceptors (Lipinski definition) is 3. The molecule has 35 heavy (non-hydrogen) atoms. The average molecular weight is 486 g/mol. The SMILES string of the molecule is CC(c1nc2ccccc2c(=O)n1-c1ccc(F)c(Cl)c1)N(C)C(=O)c1ccc2ccccc2c1. The standard InChI is InChI=1S/C28H21ClFN3O2/c1-17(32(2)27(34)20-12-11-18-7-3-4-8-19(18)15-20)26-31-25-10-6-5-9-22(25)28(35)33(26)21-13-14-24(30)23(29)16-21/h3-17H,1-2H3. The fourth-order valence-corrected chi connectivity index (χ4v) is 4.35. The summed E-state index contributed by atoms with van der Waals surface area (Å²) < 4.78 is 15.3. The summed E-state index contributed by atoms with van der Waals surface area (Å²) in [7, 11) is 1.67. The van der Waals surface area contributed by atoms with Crippen LogP contribution in [0, 0.1) is 5.82 Å². The van der Waals surface area contributed by atoms with Gasteiger partial charge in [-0.1, -0.05) is 54.1 Å². The topological polar surface area (TPSA) is 55.2 Å². The Labute approximate surface area is 206 Å². The summed E-state index contributed by atoms with van der Waals surface area (Å²) in [6.45, 7) is 1.80. The summed E-state index contributed by atoms with van der Waals surface area (Å²) in [5, 5.41) is 2.30. The first kappa shape index (κ1) is 22.7. The summed E-state index contributed by atoms with van der Waals surface area (Å²) in [6.07, 6.45) is 0. The summed E-state index contributed by atoms with van der Waals surface area (Å²) in [4.78, 5) is 33.3. The van der Waals surface area contributed by atoms with Crippen LogP contribution in [0.25, 0.3) is 27.4 Å². The van der Waals surface area contributed by atoms with E-state index in [0.29, 0.717) is 28.0 Å². The van der Waals surface area contributed by atoms with Gasteiger partial charge in [0.15, 0.2) is 0 Å². The molecule has 1 heterocycles. The van der Waals surface area contributed by atoms with Crippen molar-refractivity contribution < 1.29 is 9.18 Å². The van der Waals surface area contributed by atoms with Crippen LogP contribution in [-0.2, 0) is 0 Å². The van der Waals surface area contributed by atoms with Gasteiger partial charge in [-0.25, -0.2) is 9.37 Å². The molecular formula is C28H21ClFN3O2. The molecule has 174 valence electrons. The van der Waals surface area contributed by atoms with Crippen molar-refractivity contribution in [3.05, 3.63) is 118 Å². The fourth-order valence-electron chi connectivity index (χ4n) is 4.18. The first-order valence-corrected chi connectivity index (χ1v) is 11.5. The number of para-hydroxylation sites is 1. The molecular weight excluding hydrogens is 465 g/mol. The van der Waals surface area contributed by atoms with Gasteiger partial charge in [0.1, 0.15) is 11.6 Å². The smallest absolute Gasteiger partial charge is 0.266 e. The maximum atomic E-state index is 13.9. The van der Waals surface area contributed by atoms with Crippen molar-refractivity contribution >= 4 is 39.2 Å². The maximum Gasteiger partial charge on any atom is 0.266 e. The van der Waals surface area contributed by atoms with E-state index in [1.54, 1.807) is 49.2 Å². The van der Waals surface area contributed by atoms with Crippen molar-refractivity contribution in [2.75, 3.05) is 7.05 Å². The Morgan fingerprint density at radius 2 is 1.69 bits per heavy atom. The second kappa shape index (κ2) is 8.96. The molecule has 0 saturated heterocycles. The van der Waals surface area contributed by atoms with Gasteiger partial charge in [0.2, 0.25) is 0 Å². The second-order valence-corrected chi connectivity index (χ2v) is 8.79. The second-order valence-electron chi connectivity index (χ2n) is 8.38. The molecule has 7 heteroatoms. The molecule has 1 atom stereocenters. The normalized spacial score (nSPS) is 12.1. The number of benzene rings is 4. The first-order chi connectivity index (χ1) is 16.8. The average Bonchev–Trinajstić information content (AvgIpc) is 2.88. The van der Waals surface area contributed by atoms with E-state index in [9.17, 15) is 14.0 Å². The van der Waals surface area contributed by atoms with Crippen LogP contribution < -0.4 is 5.56 Å². The molecule has 0 aliphatic rings. The molecule has 0 spiro atoms. The number of hydrogen-bond donors (Lipinski definition) is 0. The Bertz CT molecular complexity index is 1660. The lowest BCUT2D eigenvalue weighted by molar-refractivity contribution is 0.0735. The van der Waals surface area contributed by atoms with Crippen molar-refractivity contribution in [1.29, 1.82) is 0 Å². The van der Waals surface area contributed by atoms with E-state index in [1.165, 1.54) is 22.8 Å². The molecule has 0 N–H and O–H groups in total. The molecule has 0 radical (unpaired) electrons. The number of carbonyl (C=O) groups is 1. The summed E-state index contributed by atoms with van der Waals surface area (Å²) in [5.41, 5.74) is 1.08. The van der Waals surface area contributed by atoms with Gasteiger partial charge in [-0.2, -0.15) is 0 Å². The Balaban J connectivity index is 1.63. The van der Waals surface area contributed by atoms with Gasteiger partial charge in [0.25, 0.3) is 11.5 Å². The third-order valence-corrected chi connectivity index (χ3v) is 6.52. The molecule has 0 fully saturated rings. The number of carbonyl (C=O) groups excluding carboxylic acids is 1.